The van der Waals surface area contributed by atoms with Crippen molar-refractivity contribution in [3.05, 3.63) is 89.0 Å². The molecular weight excluding hydrogens is 342 g/mol. The molecule has 0 bridgehead atoms. The molecule has 0 saturated heterocycles. The molecule has 0 heterocycles. The van der Waals surface area contributed by atoms with Crippen molar-refractivity contribution in [1.82, 2.24) is 0 Å². The molecule has 0 fully saturated rings. The summed E-state index contributed by atoms with van der Waals surface area (Å²) in [6.45, 7) is 3.86. The van der Waals surface area contributed by atoms with Crippen molar-refractivity contribution in [2.24, 2.45) is 4.99 Å². The summed E-state index contributed by atoms with van der Waals surface area (Å²) in [5.41, 5.74) is 3.84. The molecule has 0 aliphatic heterocycles. The van der Waals surface area contributed by atoms with Gasteiger partial charge in [0.15, 0.2) is 0 Å². The van der Waals surface area contributed by atoms with Crippen LogP contribution in [0.15, 0.2) is 81.5 Å². The predicted molar refractivity (Wildman–Crippen MR) is 107 cm³/mol. The van der Waals surface area contributed by atoms with Gasteiger partial charge in [-0.3, -0.25) is 4.99 Å². The van der Waals surface area contributed by atoms with Gasteiger partial charge in [-0.25, -0.2) is 4.79 Å². The summed E-state index contributed by atoms with van der Waals surface area (Å²) in [5, 5.41) is 9.19. The molecule has 1 N–H and O–H groups in total. The number of nitrogens with zero attached hydrogens (tertiary/aromatic N) is 1. The number of aromatic carboxylic acids is 1. The molecule has 3 aromatic carbocycles. The van der Waals surface area contributed by atoms with Crippen LogP contribution in [0.3, 0.4) is 0 Å². The van der Waals surface area contributed by atoms with Crippen LogP contribution in [0.2, 0.25) is 0 Å². The number of carboxylic acid groups (broad SMARTS) is 1. The highest BCUT2D eigenvalue weighted by Gasteiger charge is 2.08. The van der Waals surface area contributed by atoms with Crippen LogP contribution in [0.5, 0.6) is 0 Å². The van der Waals surface area contributed by atoms with Crippen molar-refractivity contribution in [2.45, 2.75) is 23.6 Å². The molecule has 0 aliphatic carbocycles. The van der Waals surface area contributed by atoms with Crippen LogP contribution in [-0.4, -0.2) is 17.3 Å². The highest BCUT2D eigenvalue weighted by atomic mass is 32.2. The maximum atomic E-state index is 11.2. The fourth-order valence-electron chi connectivity index (χ4n) is 2.50. The van der Waals surface area contributed by atoms with Crippen molar-refractivity contribution in [3.63, 3.8) is 0 Å². The first-order valence-electron chi connectivity index (χ1n) is 8.24. The van der Waals surface area contributed by atoms with E-state index in [0.29, 0.717) is 11.3 Å². The fraction of sp³-hybridized carbons (Fsp3) is 0.0909. The monoisotopic (exact) mass is 361 g/mol. The minimum absolute atomic E-state index is 0.282. The van der Waals surface area contributed by atoms with Gasteiger partial charge in [-0.15, -0.1) is 0 Å². The number of benzene rings is 3. The maximum absolute atomic E-state index is 11.2. The van der Waals surface area contributed by atoms with Crippen molar-refractivity contribution in [1.29, 1.82) is 0 Å². The quantitative estimate of drug-likeness (QED) is 0.575. The Hall–Kier alpha value is -2.85. The zero-order chi connectivity index (χ0) is 18.5. The van der Waals surface area contributed by atoms with Gasteiger partial charge in [0, 0.05) is 16.0 Å². The van der Waals surface area contributed by atoms with E-state index < -0.39 is 5.97 Å². The third-order valence-electron chi connectivity index (χ3n) is 4.03. The zero-order valence-electron chi connectivity index (χ0n) is 14.6. The first-order valence-corrected chi connectivity index (χ1v) is 9.06. The molecule has 4 heteroatoms. The minimum atomic E-state index is -0.933. The smallest absolute Gasteiger partial charge is 0.336 e. The van der Waals surface area contributed by atoms with Crippen LogP contribution < -0.4 is 0 Å². The van der Waals surface area contributed by atoms with E-state index in [2.05, 4.69) is 48.3 Å². The number of rotatable bonds is 5. The molecule has 3 rings (SSSR count). The summed E-state index contributed by atoms with van der Waals surface area (Å²) >= 11 is 1.72. The van der Waals surface area contributed by atoms with Crippen LogP contribution in [0.1, 0.15) is 27.0 Å². The van der Waals surface area contributed by atoms with E-state index >= 15 is 0 Å². The molecule has 0 aromatic heterocycles. The molecular formula is C22H19NO2S. The topological polar surface area (TPSA) is 49.7 Å². The summed E-state index contributed by atoms with van der Waals surface area (Å²) in [5.74, 6) is -0.933. The number of aliphatic imine (C=N–C) groups is 1. The van der Waals surface area contributed by atoms with E-state index in [1.807, 2.05) is 18.2 Å². The van der Waals surface area contributed by atoms with Gasteiger partial charge in [-0.05, 0) is 61.4 Å². The highest BCUT2D eigenvalue weighted by molar-refractivity contribution is 7.99. The molecule has 130 valence electrons. The Morgan fingerprint density at radius 1 is 0.923 bits per heavy atom. The highest BCUT2D eigenvalue weighted by Crippen LogP contribution is 2.28. The molecule has 3 nitrogen and oxygen atoms in total. The molecule has 0 amide bonds. The zero-order valence-corrected chi connectivity index (χ0v) is 15.5. The number of aryl methyl sites for hydroxylation is 1. The van der Waals surface area contributed by atoms with E-state index in [9.17, 15) is 9.90 Å². The summed E-state index contributed by atoms with van der Waals surface area (Å²) in [6.07, 6.45) is 1.76. The lowest BCUT2D eigenvalue weighted by atomic mass is 10.1. The van der Waals surface area contributed by atoms with Crippen molar-refractivity contribution in [3.8, 4) is 0 Å². The summed E-state index contributed by atoms with van der Waals surface area (Å²) in [7, 11) is 0. The first kappa shape index (κ1) is 18.0. The van der Waals surface area contributed by atoms with Gasteiger partial charge in [0.05, 0.1) is 11.3 Å². The first-order chi connectivity index (χ1) is 12.5. The van der Waals surface area contributed by atoms with Gasteiger partial charge in [0.1, 0.15) is 0 Å². The van der Waals surface area contributed by atoms with Crippen molar-refractivity contribution >= 4 is 29.6 Å². The summed E-state index contributed by atoms with van der Waals surface area (Å²) in [4.78, 5) is 18.0. The van der Waals surface area contributed by atoms with Crippen LogP contribution in [-0.2, 0) is 0 Å². The predicted octanol–water partition coefficient (Wildman–Crippen LogP) is 5.90. The van der Waals surface area contributed by atoms with E-state index in [1.165, 1.54) is 10.5 Å². The van der Waals surface area contributed by atoms with Crippen LogP contribution >= 0.6 is 11.8 Å². The van der Waals surface area contributed by atoms with E-state index in [1.54, 1.807) is 37.0 Å². The number of hydrogen-bond acceptors (Lipinski definition) is 3. The van der Waals surface area contributed by atoms with E-state index in [-0.39, 0.29) is 5.56 Å². The maximum Gasteiger partial charge on any atom is 0.336 e. The molecule has 0 unspecified atom stereocenters. The van der Waals surface area contributed by atoms with E-state index in [4.69, 9.17) is 0 Å². The number of carboxylic acids is 1. The lowest BCUT2D eigenvalue weighted by molar-refractivity contribution is 0.0696. The minimum Gasteiger partial charge on any atom is -0.478 e. The van der Waals surface area contributed by atoms with Crippen LogP contribution in [0.25, 0.3) is 0 Å². The molecule has 0 spiro atoms. The van der Waals surface area contributed by atoms with Gasteiger partial charge in [-0.2, -0.15) is 0 Å². The van der Waals surface area contributed by atoms with Gasteiger partial charge < -0.3 is 5.11 Å². The number of carbonyl (C=O) groups is 1. The second kappa shape index (κ2) is 8.02. The molecule has 0 saturated carbocycles. The Labute approximate surface area is 157 Å². The van der Waals surface area contributed by atoms with Gasteiger partial charge in [0.2, 0.25) is 0 Å². The Balaban J connectivity index is 1.73. The Bertz CT molecular complexity index is 945. The lowest BCUT2D eigenvalue weighted by Crippen LogP contribution is -1.99. The Morgan fingerprint density at radius 2 is 1.54 bits per heavy atom. The average molecular weight is 361 g/mol. The Morgan fingerprint density at radius 3 is 2.15 bits per heavy atom. The second-order valence-electron chi connectivity index (χ2n) is 6.00. The molecule has 0 atom stereocenters. The molecule has 0 radical (unpaired) electrons. The largest absolute Gasteiger partial charge is 0.478 e. The lowest BCUT2D eigenvalue weighted by Gasteiger charge is -2.04. The van der Waals surface area contributed by atoms with Gasteiger partial charge in [0.25, 0.3) is 0 Å². The van der Waals surface area contributed by atoms with Gasteiger partial charge >= 0.3 is 5.97 Å². The van der Waals surface area contributed by atoms with Gasteiger partial charge in [-0.1, -0.05) is 47.7 Å². The fourth-order valence-corrected chi connectivity index (χ4v) is 3.32. The van der Waals surface area contributed by atoms with Crippen LogP contribution in [0.4, 0.5) is 5.69 Å². The third kappa shape index (κ3) is 4.41. The summed E-state index contributed by atoms with van der Waals surface area (Å²) < 4.78 is 0. The Kier molecular flexibility index (Phi) is 5.54. The van der Waals surface area contributed by atoms with Crippen molar-refractivity contribution in [2.75, 3.05) is 0 Å². The SMILES string of the molecule is Cc1ccc(Sc2ccc(C=Nc3cccc(C(=O)O)c3C)cc2)cc1. The third-order valence-corrected chi connectivity index (χ3v) is 5.04. The molecule has 3 aromatic rings. The summed E-state index contributed by atoms with van der Waals surface area (Å²) in [6, 6.07) is 21.7. The van der Waals surface area contributed by atoms with Crippen molar-refractivity contribution < 1.29 is 9.90 Å². The van der Waals surface area contributed by atoms with Crippen LogP contribution in [0, 0.1) is 13.8 Å². The second-order valence-corrected chi connectivity index (χ2v) is 7.14. The standard InChI is InChI=1S/C22H19NO2S/c1-15-6-10-18(11-7-15)26-19-12-8-17(9-13-19)14-23-21-5-3-4-20(16(21)2)22(24)25/h3-14H,1-2H3,(H,24,25). The average Bonchev–Trinajstić information content (AvgIpc) is 2.64. The molecule has 0 aliphatic rings. The molecule has 26 heavy (non-hydrogen) atoms. The number of hydrogen-bond donors (Lipinski definition) is 1. The normalized spacial score (nSPS) is 11.0. The van der Waals surface area contributed by atoms with E-state index in [0.717, 1.165) is 10.5 Å².